The van der Waals surface area contributed by atoms with Crippen LogP contribution in [0, 0.1) is 41.0 Å². The van der Waals surface area contributed by atoms with E-state index in [4.69, 9.17) is 28.6 Å². The van der Waals surface area contributed by atoms with Crippen LogP contribution in [-0.2, 0) is 9.59 Å². The Morgan fingerprint density at radius 2 is 1.59 bits per heavy atom. The lowest BCUT2D eigenvalue weighted by Crippen LogP contribution is -2.54. The number of anilines is 1. The van der Waals surface area contributed by atoms with Gasteiger partial charge in [-0.1, -0.05) is 17.7 Å². The fraction of sp³-hybridized carbons (Fsp3) is 0.100. The van der Waals surface area contributed by atoms with E-state index in [-0.39, 0.29) is 22.2 Å². The summed E-state index contributed by atoms with van der Waals surface area (Å²) in [5, 5.41) is 25.4. The molecule has 2 heterocycles. The topological polar surface area (TPSA) is 150 Å². The van der Waals surface area contributed by atoms with Crippen molar-refractivity contribution < 1.29 is 24.2 Å². The zero-order valence-corrected chi connectivity index (χ0v) is 24.9. The number of carbonyl (C=O) groups excluding carboxylic acids is 2. The van der Waals surface area contributed by atoms with Crippen molar-refractivity contribution in [3.05, 3.63) is 120 Å². The van der Waals surface area contributed by atoms with Gasteiger partial charge in [0.2, 0.25) is 5.75 Å². The molecule has 1 aliphatic rings. The van der Waals surface area contributed by atoms with E-state index in [1.54, 1.807) is 42.5 Å². The molecule has 0 atom stereocenters. The maximum Gasteiger partial charge on any atom is 0.318 e. The summed E-state index contributed by atoms with van der Waals surface area (Å²) in [6, 6.07) is 16.7. The molecule has 0 spiro atoms. The van der Waals surface area contributed by atoms with E-state index in [0.717, 1.165) is 29.1 Å². The number of aromatic nitrogens is 1. The Morgan fingerprint density at radius 1 is 0.909 bits per heavy atom. The summed E-state index contributed by atoms with van der Waals surface area (Å²) in [5.41, 5.74) is 3.05. The van der Waals surface area contributed by atoms with Crippen LogP contribution in [0.2, 0.25) is 5.02 Å². The number of hydrogen-bond acceptors (Lipinski definition) is 8. The molecule has 222 valence electrons. The molecule has 0 radical (unpaired) electrons. The molecule has 1 aliphatic heterocycles. The molecule has 1 saturated heterocycles. The first-order valence-corrected chi connectivity index (χ1v) is 13.7. The summed E-state index contributed by atoms with van der Waals surface area (Å²) in [5.74, 6) is -1.09. The number of aryl methyl sites for hydroxylation is 2. The fourth-order valence-corrected chi connectivity index (χ4v) is 5.19. The van der Waals surface area contributed by atoms with Crippen molar-refractivity contribution >= 4 is 63.9 Å². The summed E-state index contributed by atoms with van der Waals surface area (Å²) in [6.45, 7) is 5.52. The lowest BCUT2D eigenvalue weighted by atomic mass is 10.1. The molecule has 5 rings (SSSR count). The van der Waals surface area contributed by atoms with E-state index in [2.05, 4.69) is 5.32 Å². The van der Waals surface area contributed by atoms with Crippen LogP contribution in [-0.4, -0.2) is 31.3 Å². The number of hydrogen-bond donors (Lipinski definition) is 1. The third-order valence-corrected chi connectivity index (χ3v) is 7.65. The molecule has 44 heavy (non-hydrogen) atoms. The van der Waals surface area contributed by atoms with E-state index in [1.165, 1.54) is 17.0 Å². The van der Waals surface area contributed by atoms with E-state index in [9.17, 15) is 29.8 Å². The molecule has 0 aliphatic carbocycles. The quantitative estimate of drug-likeness (QED) is 0.0799. The van der Waals surface area contributed by atoms with Crippen molar-refractivity contribution in [2.45, 2.75) is 20.8 Å². The SMILES string of the molecule is Cc1ccc(N2C(=O)/C(=C/c3cc(C)n(-c4ccc(Oc5ccc([N+](=O)[O-])cc5[N+](=O)[O-])cc4)c3C)C(=O)NC2=S)cc1Cl. The molecule has 1 aromatic heterocycles. The van der Waals surface area contributed by atoms with Crippen LogP contribution in [0.25, 0.3) is 11.8 Å². The maximum absolute atomic E-state index is 13.5. The minimum Gasteiger partial charge on any atom is -0.450 e. The number of nitro benzene ring substituents is 2. The van der Waals surface area contributed by atoms with E-state index < -0.39 is 33.0 Å². The lowest BCUT2D eigenvalue weighted by molar-refractivity contribution is -0.394. The van der Waals surface area contributed by atoms with Gasteiger partial charge in [0.15, 0.2) is 5.11 Å². The maximum atomic E-state index is 13.5. The van der Waals surface area contributed by atoms with Crippen LogP contribution in [0.3, 0.4) is 0 Å². The Kier molecular flexibility index (Phi) is 8.00. The first-order chi connectivity index (χ1) is 20.8. The fourth-order valence-electron chi connectivity index (χ4n) is 4.74. The summed E-state index contributed by atoms with van der Waals surface area (Å²) in [6.07, 6.45) is 1.51. The molecule has 0 bridgehead atoms. The Hall–Kier alpha value is -5.40. The van der Waals surface area contributed by atoms with E-state index in [0.29, 0.717) is 22.0 Å². The monoisotopic (exact) mass is 631 g/mol. The standard InChI is InChI=1S/C30H22ClN5O7S/c1-16-4-5-21(14-25(16)31)34-29(38)24(28(37)32-30(34)44)13-19-12-17(2)33(18(19)3)20-6-9-23(10-7-20)43-27-11-8-22(35(39)40)15-26(27)36(41)42/h4-15H,1-3H3,(H,32,37,44)/b24-13+. The largest absolute Gasteiger partial charge is 0.450 e. The number of non-ortho nitro benzene ring substituents is 1. The van der Waals surface area contributed by atoms with Crippen LogP contribution in [0.5, 0.6) is 11.5 Å². The minimum absolute atomic E-state index is 0.0519. The number of nitro groups is 2. The van der Waals surface area contributed by atoms with E-state index in [1.807, 2.05) is 31.4 Å². The van der Waals surface area contributed by atoms with Crippen molar-refractivity contribution in [3.8, 4) is 17.2 Å². The predicted octanol–water partition coefficient (Wildman–Crippen LogP) is 6.50. The molecule has 0 saturated carbocycles. The molecule has 1 N–H and O–H groups in total. The Morgan fingerprint density at radius 3 is 2.23 bits per heavy atom. The molecule has 3 aromatic carbocycles. The van der Waals surface area contributed by atoms with Gasteiger partial charge in [0.05, 0.1) is 21.6 Å². The van der Waals surface area contributed by atoms with Gasteiger partial charge in [0, 0.05) is 28.2 Å². The summed E-state index contributed by atoms with van der Waals surface area (Å²) in [4.78, 5) is 48.6. The predicted molar refractivity (Wildman–Crippen MR) is 167 cm³/mol. The van der Waals surface area contributed by atoms with Gasteiger partial charge >= 0.3 is 5.69 Å². The number of thiocarbonyl (C=S) groups is 1. The molecule has 4 aromatic rings. The summed E-state index contributed by atoms with van der Waals surface area (Å²) in [7, 11) is 0. The van der Waals surface area contributed by atoms with Gasteiger partial charge < -0.3 is 9.30 Å². The average Bonchev–Trinajstić information content (AvgIpc) is 3.25. The number of nitrogens with one attached hydrogen (secondary N) is 1. The third kappa shape index (κ3) is 5.65. The molecule has 2 amide bonds. The van der Waals surface area contributed by atoms with Crippen molar-refractivity contribution in [1.29, 1.82) is 0 Å². The molecule has 1 fully saturated rings. The smallest absolute Gasteiger partial charge is 0.318 e. The second kappa shape index (κ2) is 11.7. The van der Waals surface area contributed by atoms with Crippen LogP contribution >= 0.6 is 23.8 Å². The summed E-state index contributed by atoms with van der Waals surface area (Å²) >= 11 is 11.6. The first-order valence-electron chi connectivity index (χ1n) is 12.9. The van der Waals surface area contributed by atoms with Crippen molar-refractivity contribution in [3.63, 3.8) is 0 Å². The van der Waals surface area contributed by atoms with Crippen molar-refractivity contribution in [2.24, 2.45) is 0 Å². The van der Waals surface area contributed by atoms with Gasteiger partial charge in [-0.05, 0) is 98.7 Å². The van der Waals surface area contributed by atoms with Crippen LogP contribution in [0.15, 0.2) is 72.3 Å². The summed E-state index contributed by atoms with van der Waals surface area (Å²) < 4.78 is 7.57. The lowest BCUT2D eigenvalue weighted by Gasteiger charge is -2.29. The number of amides is 2. The Labute approximate surface area is 260 Å². The Bertz CT molecular complexity index is 1930. The van der Waals surface area contributed by atoms with Crippen LogP contribution in [0.1, 0.15) is 22.5 Å². The normalized spacial score (nSPS) is 14.1. The van der Waals surface area contributed by atoms with Crippen LogP contribution in [0.4, 0.5) is 17.1 Å². The number of carbonyl (C=O) groups is 2. The van der Waals surface area contributed by atoms with Gasteiger partial charge in [-0.3, -0.25) is 40.0 Å². The number of nitrogens with zero attached hydrogens (tertiary/aromatic N) is 4. The van der Waals surface area contributed by atoms with Gasteiger partial charge in [-0.25, -0.2) is 0 Å². The Balaban J connectivity index is 1.43. The first kappa shape index (κ1) is 30.1. The van der Waals surface area contributed by atoms with Gasteiger partial charge in [-0.2, -0.15) is 0 Å². The molecule has 12 nitrogen and oxygen atoms in total. The second-order valence-electron chi connectivity index (χ2n) is 9.82. The highest BCUT2D eigenvalue weighted by molar-refractivity contribution is 7.80. The highest BCUT2D eigenvalue weighted by Gasteiger charge is 2.35. The van der Waals surface area contributed by atoms with Crippen molar-refractivity contribution in [2.75, 3.05) is 4.90 Å². The zero-order valence-electron chi connectivity index (χ0n) is 23.4. The number of ether oxygens (including phenoxy) is 1. The molecular weight excluding hydrogens is 610 g/mol. The van der Waals surface area contributed by atoms with Gasteiger partial charge in [0.25, 0.3) is 17.5 Å². The molecule has 14 heteroatoms. The molecular formula is C30H22ClN5O7S. The number of benzene rings is 3. The minimum atomic E-state index is -0.751. The number of halogens is 1. The van der Waals surface area contributed by atoms with Gasteiger partial charge in [0.1, 0.15) is 11.3 Å². The average molecular weight is 632 g/mol. The van der Waals surface area contributed by atoms with E-state index >= 15 is 0 Å². The highest BCUT2D eigenvalue weighted by Crippen LogP contribution is 2.35. The highest BCUT2D eigenvalue weighted by atomic mass is 35.5. The van der Waals surface area contributed by atoms with Gasteiger partial charge in [-0.15, -0.1) is 0 Å². The molecule has 0 unspecified atom stereocenters. The third-order valence-electron chi connectivity index (χ3n) is 6.96. The van der Waals surface area contributed by atoms with Crippen molar-refractivity contribution in [1.82, 2.24) is 9.88 Å². The second-order valence-corrected chi connectivity index (χ2v) is 10.6. The zero-order chi connectivity index (χ0) is 31.9. The van der Waals surface area contributed by atoms with Crippen LogP contribution < -0.4 is 15.0 Å². The number of rotatable bonds is 7.